The molecule has 1 aromatic rings. The average Bonchev–Trinajstić information content (AvgIpc) is 2.52. The highest BCUT2D eigenvalue weighted by atomic mass is 16.5. The van der Waals surface area contributed by atoms with Crippen molar-refractivity contribution < 1.29 is 15.1 Å². The summed E-state index contributed by atoms with van der Waals surface area (Å²) in [4.78, 5) is 2.25. The number of piperidine rings is 1. The minimum Gasteiger partial charge on any atom is -0.409 e. The molecule has 21 heavy (non-hydrogen) atoms. The van der Waals surface area contributed by atoms with Gasteiger partial charge in [0.2, 0.25) is 0 Å². The molecule has 0 unspecified atom stereocenters. The molecule has 1 heterocycles. The van der Waals surface area contributed by atoms with E-state index in [1.54, 1.807) is 0 Å². The maximum absolute atomic E-state index is 8.94. The molecule has 6 nitrogen and oxygen atoms in total. The van der Waals surface area contributed by atoms with Crippen molar-refractivity contribution in [2.75, 3.05) is 31.2 Å². The van der Waals surface area contributed by atoms with Crippen molar-refractivity contribution >= 4 is 11.5 Å². The van der Waals surface area contributed by atoms with Crippen LogP contribution < -0.4 is 10.6 Å². The van der Waals surface area contributed by atoms with Crippen LogP contribution in [0.15, 0.2) is 23.4 Å². The molecule has 1 saturated heterocycles. The Morgan fingerprint density at radius 1 is 1.43 bits per heavy atom. The maximum Gasteiger partial charge on any atom is 0.172 e. The number of hydrogen-bond donors (Lipinski definition) is 3. The molecule has 0 amide bonds. The molecule has 0 radical (unpaired) electrons. The van der Waals surface area contributed by atoms with Crippen LogP contribution in [0.4, 0.5) is 5.69 Å². The molecule has 0 aromatic heterocycles. The van der Waals surface area contributed by atoms with Crippen molar-refractivity contribution in [1.82, 2.24) is 0 Å². The van der Waals surface area contributed by atoms with Crippen LogP contribution >= 0.6 is 0 Å². The number of nitrogens with two attached hydrogens (primary N) is 1. The third-order valence-electron chi connectivity index (χ3n) is 3.82. The lowest BCUT2D eigenvalue weighted by Crippen LogP contribution is -2.38. The van der Waals surface area contributed by atoms with Gasteiger partial charge in [0.15, 0.2) is 5.84 Å². The first kappa shape index (κ1) is 15.6. The molecule has 1 fully saturated rings. The van der Waals surface area contributed by atoms with Crippen LogP contribution in [0.25, 0.3) is 0 Å². The zero-order valence-electron chi connectivity index (χ0n) is 12.3. The summed E-state index contributed by atoms with van der Waals surface area (Å²) in [6, 6.07) is 5.80. The molecule has 0 aliphatic carbocycles. The number of hydrogen-bond acceptors (Lipinski definition) is 5. The smallest absolute Gasteiger partial charge is 0.172 e. The highest BCUT2D eigenvalue weighted by Crippen LogP contribution is 2.28. The van der Waals surface area contributed by atoms with E-state index in [2.05, 4.69) is 10.1 Å². The van der Waals surface area contributed by atoms with Gasteiger partial charge in [-0.25, -0.2) is 0 Å². The van der Waals surface area contributed by atoms with E-state index in [1.165, 1.54) is 0 Å². The predicted octanol–water partition coefficient (Wildman–Crippen LogP) is 1.07. The van der Waals surface area contributed by atoms with Crippen LogP contribution in [-0.2, 0) is 4.74 Å². The van der Waals surface area contributed by atoms with E-state index in [9.17, 15) is 0 Å². The molecule has 0 saturated carbocycles. The van der Waals surface area contributed by atoms with Gasteiger partial charge in [0.1, 0.15) is 0 Å². The van der Waals surface area contributed by atoms with Gasteiger partial charge in [-0.15, -0.1) is 0 Å². The Balaban J connectivity index is 2.13. The van der Waals surface area contributed by atoms with Crippen molar-refractivity contribution in [3.8, 4) is 0 Å². The number of aliphatic hydroxyl groups excluding tert-OH is 1. The molecule has 0 bridgehead atoms. The molecular weight excluding hydrogens is 270 g/mol. The number of aliphatic hydroxyl groups is 1. The van der Waals surface area contributed by atoms with Gasteiger partial charge in [0.25, 0.3) is 0 Å². The van der Waals surface area contributed by atoms with E-state index in [0.29, 0.717) is 6.61 Å². The summed E-state index contributed by atoms with van der Waals surface area (Å²) in [6.07, 6.45) is 2.01. The van der Waals surface area contributed by atoms with Crippen molar-refractivity contribution in [1.29, 1.82) is 0 Å². The van der Waals surface area contributed by atoms with Crippen LogP contribution in [0.3, 0.4) is 0 Å². The number of para-hydroxylation sites is 1. The Kier molecular flexibility index (Phi) is 5.41. The van der Waals surface area contributed by atoms with Gasteiger partial charge < -0.3 is 25.7 Å². The first-order valence-corrected chi connectivity index (χ1v) is 7.22. The topological polar surface area (TPSA) is 91.3 Å². The van der Waals surface area contributed by atoms with Gasteiger partial charge in [-0.3, -0.25) is 0 Å². The SMILES string of the molecule is Cc1cccc(/C(N)=N/O)c1N1CCC(OCCO)CC1. The molecule has 4 N–H and O–H groups in total. The van der Waals surface area contributed by atoms with E-state index in [1.807, 2.05) is 25.1 Å². The molecule has 1 aliphatic rings. The Hall–Kier alpha value is -1.79. The first-order chi connectivity index (χ1) is 10.2. The number of anilines is 1. The number of rotatable bonds is 5. The van der Waals surface area contributed by atoms with Crippen LogP contribution in [-0.4, -0.2) is 48.6 Å². The van der Waals surface area contributed by atoms with E-state index in [0.717, 1.165) is 42.7 Å². The minimum atomic E-state index is 0.0612. The summed E-state index contributed by atoms with van der Waals surface area (Å²) < 4.78 is 5.58. The second-order valence-electron chi connectivity index (χ2n) is 5.24. The monoisotopic (exact) mass is 293 g/mol. The van der Waals surface area contributed by atoms with E-state index in [-0.39, 0.29) is 18.5 Å². The van der Waals surface area contributed by atoms with E-state index >= 15 is 0 Å². The normalized spacial score (nSPS) is 17.2. The Morgan fingerprint density at radius 3 is 2.76 bits per heavy atom. The van der Waals surface area contributed by atoms with Crippen LogP contribution in [0, 0.1) is 6.92 Å². The number of benzene rings is 1. The largest absolute Gasteiger partial charge is 0.409 e. The summed E-state index contributed by atoms with van der Waals surface area (Å²) in [7, 11) is 0. The standard InChI is InChI=1S/C15H23N3O3/c1-11-3-2-4-13(15(16)17-20)14(11)18-7-5-12(6-8-18)21-10-9-19/h2-4,12,19-20H,5-10H2,1H3,(H2,16,17). The highest BCUT2D eigenvalue weighted by molar-refractivity contribution is 6.02. The fourth-order valence-electron chi connectivity index (χ4n) is 2.80. The first-order valence-electron chi connectivity index (χ1n) is 7.22. The van der Waals surface area contributed by atoms with Crippen molar-refractivity contribution in [3.63, 3.8) is 0 Å². The zero-order chi connectivity index (χ0) is 15.2. The number of amidine groups is 1. The molecule has 0 atom stereocenters. The quantitative estimate of drug-likeness (QED) is 0.327. The van der Waals surface area contributed by atoms with Crippen LogP contribution in [0.5, 0.6) is 0 Å². The summed E-state index contributed by atoms with van der Waals surface area (Å²) in [5, 5.41) is 20.9. The summed E-state index contributed by atoms with van der Waals surface area (Å²) in [5.41, 5.74) is 8.67. The summed E-state index contributed by atoms with van der Waals surface area (Å²) in [6.45, 7) is 4.19. The van der Waals surface area contributed by atoms with Crippen molar-refractivity contribution in [3.05, 3.63) is 29.3 Å². The fraction of sp³-hybridized carbons (Fsp3) is 0.533. The molecule has 1 aromatic carbocycles. The van der Waals surface area contributed by atoms with Crippen molar-refractivity contribution in [2.24, 2.45) is 10.9 Å². The fourth-order valence-corrected chi connectivity index (χ4v) is 2.80. The number of aryl methyl sites for hydroxylation is 1. The Bertz CT molecular complexity index is 497. The molecular formula is C15H23N3O3. The van der Waals surface area contributed by atoms with Gasteiger partial charge in [-0.2, -0.15) is 0 Å². The van der Waals surface area contributed by atoms with Gasteiger partial charge in [0.05, 0.1) is 25.0 Å². The van der Waals surface area contributed by atoms with E-state index < -0.39 is 0 Å². The summed E-state index contributed by atoms with van der Waals surface area (Å²) in [5.74, 6) is 0.132. The predicted molar refractivity (Wildman–Crippen MR) is 82.0 cm³/mol. The highest BCUT2D eigenvalue weighted by Gasteiger charge is 2.23. The number of oxime groups is 1. The second kappa shape index (κ2) is 7.28. The van der Waals surface area contributed by atoms with E-state index in [4.69, 9.17) is 20.8 Å². The molecule has 2 rings (SSSR count). The van der Waals surface area contributed by atoms with Crippen LogP contribution in [0.1, 0.15) is 24.0 Å². The molecule has 6 heteroatoms. The third-order valence-corrected chi connectivity index (χ3v) is 3.82. The Morgan fingerprint density at radius 2 is 2.14 bits per heavy atom. The number of ether oxygens (including phenoxy) is 1. The minimum absolute atomic E-state index is 0.0612. The average molecular weight is 293 g/mol. The maximum atomic E-state index is 8.94. The molecule has 116 valence electrons. The van der Waals surface area contributed by atoms with Gasteiger partial charge in [-0.1, -0.05) is 17.3 Å². The summed E-state index contributed by atoms with van der Waals surface area (Å²) >= 11 is 0. The molecule has 1 aliphatic heterocycles. The van der Waals surface area contributed by atoms with Crippen LogP contribution in [0.2, 0.25) is 0 Å². The number of nitrogens with zero attached hydrogens (tertiary/aromatic N) is 2. The van der Waals surface area contributed by atoms with Gasteiger partial charge in [-0.05, 0) is 31.4 Å². The lowest BCUT2D eigenvalue weighted by atomic mass is 10.0. The third kappa shape index (κ3) is 3.65. The van der Waals surface area contributed by atoms with Crippen molar-refractivity contribution in [2.45, 2.75) is 25.9 Å². The Labute approximate surface area is 124 Å². The second-order valence-corrected chi connectivity index (χ2v) is 5.24. The lowest BCUT2D eigenvalue weighted by Gasteiger charge is -2.35. The molecule has 0 spiro atoms. The van der Waals surface area contributed by atoms with Gasteiger partial charge >= 0.3 is 0 Å². The lowest BCUT2D eigenvalue weighted by molar-refractivity contribution is 0.0159. The zero-order valence-corrected chi connectivity index (χ0v) is 12.3. The van der Waals surface area contributed by atoms with Gasteiger partial charge in [0, 0.05) is 18.7 Å².